The van der Waals surface area contributed by atoms with E-state index >= 15 is 0 Å². The molecule has 0 amide bonds. The number of hydrogen-bond acceptors (Lipinski definition) is 4. The summed E-state index contributed by atoms with van der Waals surface area (Å²) in [6.07, 6.45) is 40.9. The molecule has 1 aliphatic rings. The van der Waals surface area contributed by atoms with Crippen LogP contribution in [0.4, 0.5) is 0 Å². The van der Waals surface area contributed by atoms with Crippen LogP contribution in [0.2, 0.25) is 0 Å². The van der Waals surface area contributed by atoms with Crippen molar-refractivity contribution < 1.29 is 0 Å². The average molecular weight is 773 g/mol. The molecule has 1 aromatic heterocycles. The van der Waals surface area contributed by atoms with Gasteiger partial charge in [-0.15, -0.1) is 0 Å². The van der Waals surface area contributed by atoms with Gasteiger partial charge in [-0.2, -0.15) is 0 Å². The molecule has 294 valence electrons. The third-order valence-electron chi connectivity index (χ3n) is 7.38. The van der Waals surface area contributed by atoms with Gasteiger partial charge >= 0.3 is 0 Å². The lowest BCUT2D eigenvalue weighted by Crippen LogP contribution is -2.01. The molecule has 0 bridgehead atoms. The van der Waals surface area contributed by atoms with Gasteiger partial charge in [0.25, 0.3) is 0 Å². The van der Waals surface area contributed by atoms with E-state index in [4.69, 9.17) is 9.97 Å². The van der Waals surface area contributed by atoms with Gasteiger partial charge in [-0.05, 0) is 80.2 Å². The predicted octanol–water partition coefficient (Wildman–Crippen LogP) is 16.7. The Balaban J connectivity index is 0.00000141. The summed E-state index contributed by atoms with van der Waals surface area (Å²) in [4.78, 5) is 13.1. The SMILES string of the molecule is C1=CCC=CC(c2ccccc2)=C1.C=C/C=C\Sc1c(C)nc(C/C=C\C=C/CC)nc1/C=C/C/C(C)=C(SC(=C)/C=C\C=C)/C(=C\CC)CC.CC.CC. The Morgan fingerprint density at radius 3 is 2.22 bits per heavy atom. The zero-order valence-corrected chi connectivity index (χ0v) is 37.0. The van der Waals surface area contributed by atoms with Crippen LogP contribution >= 0.6 is 23.5 Å². The lowest BCUT2D eigenvalue weighted by Gasteiger charge is -2.14. The van der Waals surface area contributed by atoms with Crippen molar-refractivity contribution in [2.24, 2.45) is 0 Å². The van der Waals surface area contributed by atoms with Gasteiger partial charge in [0.1, 0.15) is 5.82 Å². The van der Waals surface area contributed by atoms with Crippen molar-refractivity contribution >= 4 is 35.2 Å². The molecule has 4 heteroatoms. The zero-order valence-electron chi connectivity index (χ0n) is 35.4. The second-order valence-corrected chi connectivity index (χ2v) is 13.6. The van der Waals surface area contributed by atoms with Crippen molar-refractivity contribution in [1.29, 1.82) is 0 Å². The largest absolute Gasteiger partial charge is 0.237 e. The molecule has 1 aliphatic carbocycles. The summed E-state index contributed by atoms with van der Waals surface area (Å²) < 4.78 is 0. The fourth-order valence-electron chi connectivity index (χ4n) is 4.88. The molecule has 0 spiro atoms. The van der Waals surface area contributed by atoms with E-state index in [1.54, 1.807) is 35.7 Å². The summed E-state index contributed by atoms with van der Waals surface area (Å²) in [6, 6.07) is 10.4. The molecule has 0 N–H and O–H groups in total. The number of nitrogens with zero attached hydrogens (tertiary/aromatic N) is 2. The first-order valence-electron chi connectivity index (χ1n) is 19.8. The van der Waals surface area contributed by atoms with Crippen molar-refractivity contribution in [1.82, 2.24) is 9.97 Å². The van der Waals surface area contributed by atoms with Crippen molar-refractivity contribution in [2.45, 2.75) is 106 Å². The average Bonchev–Trinajstić information content (AvgIpc) is 3.51. The van der Waals surface area contributed by atoms with Gasteiger partial charge in [-0.3, -0.25) is 0 Å². The van der Waals surface area contributed by atoms with Gasteiger partial charge in [0.15, 0.2) is 0 Å². The molecule has 2 nitrogen and oxygen atoms in total. The van der Waals surface area contributed by atoms with Gasteiger partial charge in [0.05, 0.1) is 16.3 Å². The quantitative estimate of drug-likeness (QED) is 0.111. The van der Waals surface area contributed by atoms with E-state index in [1.165, 1.54) is 27.2 Å². The summed E-state index contributed by atoms with van der Waals surface area (Å²) in [6.45, 7) is 30.6. The van der Waals surface area contributed by atoms with E-state index in [-0.39, 0.29) is 0 Å². The lowest BCUT2D eigenvalue weighted by molar-refractivity contribution is 0.911. The Morgan fingerprint density at radius 1 is 0.855 bits per heavy atom. The molecule has 0 radical (unpaired) electrons. The van der Waals surface area contributed by atoms with Crippen molar-refractivity contribution in [3.05, 3.63) is 196 Å². The van der Waals surface area contributed by atoms with Crippen LogP contribution in [0.1, 0.15) is 110 Å². The number of hydrogen-bond donors (Lipinski definition) is 0. The Bertz CT molecular complexity index is 1720. The fourth-order valence-corrected chi connectivity index (χ4v) is 6.68. The van der Waals surface area contributed by atoms with E-state index in [1.807, 2.05) is 57.4 Å². The van der Waals surface area contributed by atoms with Crippen LogP contribution in [0, 0.1) is 6.92 Å². The van der Waals surface area contributed by atoms with Crippen molar-refractivity contribution in [2.75, 3.05) is 0 Å². The standard InChI is InChI=1S/C34H44N2S2.C13H12.2C2H6/c1-9-14-17-18-19-25-32-35-29(8)34(37-26-16-11-3)31(36-32)24-20-22-27(6)33(30(13-5)21-12-4)38-28(7)23-15-10-2;1-2-5-9-12(8-4-1)13-10-6-3-7-11-13;2*1-2/h10-11,14-21,23-24,26H,2-3,7,9,12-13,22,25H2,1,4-6,8H3;1,3-11H,2H2;2*1-2H3/b17-14-,19-18-,23-15-,24-20+,26-16-,30-21-,33-27-;;;. The summed E-state index contributed by atoms with van der Waals surface area (Å²) in [5.41, 5.74) is 7.19. The maximum atomic E-state index is 4.92. The lowest BCUT2D eigenvalue weighted by atomic mass is 10.1. The molecule has 0 atom stereocenters. The third-order valence-corrected chi connectivity index (χ3v) is 9.62. The van der Waals surface area contributed by atoms with Crippen LogP contribution in [0.5, 0.6) is 0 Å². The highest BCUT2D eigenvalue weighted by atomic mass is 32.2. The Kier molecular flexibility index (Phi) is 31.4. The molecule has 0 aliphatic heterocycles. The van der Waals surface area contributed by atoms with Crippen LogP contribution in [-0.4, -0.2) is 9.97 Å². The van der Waals surface area contributed by atoms with E-state index < -0.39 is 0 Å². The molecule has 3 rings (SSSR count). The maximum Gasteiger partial charge on any atom is 0.133 e. The van der Waals surface area contributed by atoms with Crippen LogP contribution in [0.15, 0.2) is 179 Å². The van der Waals surface area contributed by atoms with E-state index in [0.29, 0.717) is 6.42 Å². The molecule has 1 heterocycles. The van der Waals surface area contributed by atoms with E-state index in [2.05, 4.69) is 152 Å². The van der Waals surface area contributed by atoms with Crippen LogP contribution in [-0.2, 0) is 6.42 Å². The number of thioether (sulfide) groups is 2. The number of aryl methyl sites for hydroxylation is 1. The minimum Gasteiger partial charge on any atom is -0.237 e. The molecule has 1 aromatic carbocycles. The second-order valence-electron chi connectivity index (χ2n) is 11.5. The molecule has 0 unspecified atom stereocenters. The first-order valence-corrected chi connectivity index (χ1v) is 21.5. The van der Waals surface area contributed by atoms with Gasteiger partial charge in [0, 0.05) is 16.2 Å². The van der Waals surface area contributed by atoms with Crippen molar-refractivity contribution in [3.63, 3.8) is 0 Å². The van der Waals surface area contributed by atoms with Crippen molar-refractivity contribution in [3.8, 4) is 0 Å². The van der Waals surface area contributed by atoms with Crippen LogP contribution < -0.4 is 0 Å². The maximum absolute atomic E-state index is 4.92. The molecule has 0 saturated heterocycles. The van der Waals surface area contributed by atoms with E-state index in [0.717, 1.165) is 59.1 Å². The second kappa shape index (κ2) is 34.1. The summed E-state index contributed by atoms with van der Waals surface area (Å²) >= 11 is 3.36. The highest BCUT2D eigenvalue weighted by molar-refractivity contribution is 8.07. The summed E-state index contributed by atoms with van der Waals surface area (Å²) in [7, 11) is 0. The normalized spacial score (nSPS) is 13.1. The first kappa shape index (κ1) is 50.6. The van der Waals surface area contributed by atoms with E-state index in [9.17, 15) is 0 Å². The highest BCUT2D eigenvalue weighted by Crippen LogP contribution is 2.36. The first-order chi connectivity index (χ1) is 26.9. The number of aromatic nitrogens is 2. The molecule has 2 aromatic rings. The Morgan fingerprint density at radius 2 is 1.56 bits per heavy atom. The summed E-state index contributed by atoms with van der Waals surface area (Å²) in [5, 5.41) is 2.02. The van der Waals surface area contributed by atoms with Gasteiger partial charge in [-0.1, -0.05) is 219 Å². The minimum atomic E-state index is 0.699. The minimum absolute atomic E-state index is 0.699. The van der Waals surface area contributed by atoms with Gasteiger partial charge < -0.3 is 0 Å². The number of rotatable bonds is 18. The Labute approximate surface area is 345 Å². The topological polar surface area (TPSA) is 25.8 Å². The highest BCUT2D eigenvalue weighted by Gasteiger charge is 2.11. The predicted molar refractivity (Wildman–Crippen MR) is 255 cm³/mol. The van der Waals surface area contributed by atoms with Gasteiger partial charge in [-0.25, -0.2) is 9.97 Å². The summed E-state index contributed by atoms with van der Waals surface area (Å²) in [5.74, 6) is 0.827. The fraction of sp³-hybridized carbons (Fsp3) is 0.294. The molecule has 0 fully saturated rings. The molecule has 0 saturated carbocycles. The molecule has 55 heavy (non-hydrogen) atoms. The number of allylic oxidation sites excluding steroid dienone is 19. The zero-order chi connectivity index (χ0) is 41.1. The van der Waals surface area contributed by atoms with Gasteiger partial charge in [0.2, 0.25) is 0 Å². The number of benzene rings is 1. The monoisotopic (exact) mass is 772 g/mol. The Hall–Kier alpha value is -4.38. The smallest absolute Gasteiger partial charge is 0.133 e. The van der Waals surface area contributed by atoms with Crippen LogP contribution in [0.25, 0.3) is 11.6 Å². The van der Waals surface area contributed by atoms with Crippen LogP contribution in [0.3, 0.4) is 0 Å². The third kappa shape index (κ3) is 21.9. The molecular weight excluding hydrogens is 705 g/mol. The molecular formula is C51H68N2S2.